The van der Waals surface area contributed by atoms with Crippen LogP contribution in [0.25, 0.3) is 0 Å². The summed E-state index contributed by atoms with van der Waals surface area (Å²) in [6.07, 6.45) is 4.09. The predicted octanol–water partition coefficient (Wildman–Crippen LogP) is 1.61. The molecule has 22 heavy (non-hydrogen) atoms. The largest absolute Gasteiger partial charge is 0.352 e. The van der Waals surface area contributed by atoms with Crippen LogP contribution in [0.5, 0.6) is 0 Å². The first-order valence-corrected chi connectivity index (χ1v) is 9.77. The third kappa shape index (κ3) is 3.57. The molecule has 0 amide bonds. The zero-order chi connectivity index (χ0) is 15.6. The molecule has 1 aromatic rings. The third-order valence-electron chi connectivity index (χ3n) is 4.38. The highest BCUT2D eigenvalue weighted by atomic mass is 32.2. The molecule has 2 fully saturated rings. The van der Waals surface area contributed by atoms with Crippen molar-refractivity contribution < 1.29 is 8.42 Å². The van der Waals surface area contributed by atoms with Gasteiger partial charge in [0.1, 0.15) is 0 Å². The van der Waals surface area contributed by atoms with E-state index < -0.39 is 10.0 Å². The Hall–Kier alpha value is -1.21. The van der Waals surface area contributed by atoms with Crippen molar-refractivity contribution in [2.45, 2.75) is 38.5 Å². The Kier molecular flexibility index (Phi) is 4.63. The molecule has 1 saturated carbocycles. The van der Waals surface area contributed by atoms with Crippen molar-refractivity contribution in [3.8, 4) is 0 Å². The van der Waals surface area contributed by atoms with Gasteiger partial charge in [-0.05, 0) is 31.4 Å². The van der Waals surface area contributed by atoms with E-state index in [0.29, 0.717) is 32.1 Å². The van der Waals surface area contributed by atoms with Gasteiger partial charge in [0.25, 0.3) is 0 Å². The van der Waals surface area contributed by atoms with Crippen LogP contribution in [0.3, 0.4) is 0 Å². The molecule has 2 aliphatic rings. The number of nitrogens with zero attached hydrogens (tertiary/aromatic N) is 4. The van der Waals surface area contributed by atoms with E-state index in [1.165, 1.54) is 12.8 Å². The molecular weight excluding hydrogens is 300 g/mol. The van der Waals surface area contributed by atoms with Gasteiger partial charge in [-0.3, -0.25) is 0 Å². The van der Waals surface area contributed by atoms with Gasteiger partial charge in [0.05, 0.1) is 11.4 Å². The SMILES string of the molecule is CCCCS(=O)(=O)N1CCN(c2ccc(C3CC3)nn2)CC1. The molecule has 0 atom stereocenters. The van der Waals surface area contributed by atoms with Gasteiger partial charge in [0.15, 0.2) is 5.82 Å². The van der Waals surface area contributed by atoms with E-state index in [2.05, 4.69) is 21.2 Å². The molecule has 0 radical (unpaired) electrons. The van der Waals surface area contributed by atoms with Crippen LogP contribution >= 0.6 is 0 Å². The van der Waals surface area contributed by atoms with Crippen LogP contribution in [-0.2, 0) is 10.0 Å². The Bertz CT molecular complexity index is 590. The van der Waals surface area contributed by atoms with E-state index >= 15 is 0 Å². The average molecular weight is 324 g/mol. The minimum absolute atomic E-state index is 0.263. The molecule has 0 bridgehead atoms. The van der Waals surface area contributed by atoms with Crippen LogP contribution in [0, 0.1) is 0 Å². The van der Waals surface area contributed by atoms with Crippen LogP contribution in [0.15, 0.2) is 12.1 Å². The van der Waals surface area contributed by atoms with Gasteiger partial charge < -0.3 is 4.90 Å². The van der Waals surface area contributed by atoms with E-state index in [0.717, 1.165) is 24.4 Å². The van der Waals surface area contributed by atoms with E-state index in [4.69, 9.17) is 0 Å². The Morgan fingerprint density at radius 1 is 1.14 bits per heavy atom. The number of rotatable bonds is 6. The van der Waals surface area contributed by atoms with Gasteiger partial charge in [-0.2, -0.15) is 9.40 Å². The van der Waals surface area contributed by atoms with Crippen LogP contribution in [0.4, 0.5) is 5.82 Å². The molecule has 0 spiro atoms. The molecule has 7 heteroatoms. The molecule has 1 aromatic heterocycles. The van der Waals surface area contributed by atoms with Gasteiger partial charge in [0.2, 0.25) is 10.0 Å². The van der Waals surface area contributed by atoms with Gasteiger partial charge in [-0.15, -0.1) is 5.10 Å². The van der Waals surface area contributed by atoms with Crippen molar-refractivity contribution in [2.24, 2.45) is 0 Å². The molecule has 1 aliphatic carbocycles. The maximum atomic E-state index is 12.2. The quantitative estimate of drug-likeness (QED) is 0.795. The summed E-state index contributed by atoms with van der Waals surface area (Å²) in [5, 5.41) is 8.61. The average Bonchev–Trinajstić information content (AvgIpc) is 3.38. The minimum Gasteiger partial charge on any atom is -0.352 e. The number of hydrogen-bond donors (Lipinski definition) is 0. The smallest absolute Gasteiger partial charge is 0.214 e. The normalized spacial score (nSPS) is 20.3. The lowest BCUT2D eigenvalue weighted by molar-refractivity contribution is 0.382. The Labute approximate surface area is 132 Å². The molecule has 122 valence electrons. The number of piperazine rings is 1. The first-order valence-electron chi connectivity index (χ1n) is 8.16. The molecule has 0 N–H and O–H groups in total. The summed E-state index contributed by atoms with van der Waals surface area (Å²) < 4.78 is 26.0. The zero-order valence-electron chi connectivity index (χ0n) is 13.1. The van der Waals surface area contributed by atoms with Crippen molar-refractivity contribution in [3.05, 3.63) is 17.8 Å². The standard InChI is InChI=1S/C15H24N4O2S/c1-2-3-12-22(20,21)19-10-8-18(9-11-19)15-7-6-14(16-17-15)13-4-5-13/h6-7,13H,2-5,8-12H2,1H3. The van der Waals surface area contributed by atoms with Gasteiger partial charge in [-0.1, -0.05) is 13.3 Å². The van der Waals surface area contributed by atoms with Gasteiger partial charge >= 0.3 is 0 Å². The predicted molar refractivity (Wildman–Crippen MR) is 86.5 cm³/mol. The van der Waals surface area contributed by atoms with Crippen molar-refractivity contribution in [1.82, 2.24) is 14.5 Å². The van der Waals surface area contributed by atoms with Gasteiger partial charge in [-0.25, -0.2) is 8.42 Å². The number of sulfonamides is 1. The molecule has 2 heterocycles. The second-order valence-electron chi connectivity index (χ2n) is 6.15. The molecule has 0 unspecified atom stereocenters. The number of aromatic nitrogens is 2. The molecule has 6 nitrogen and oxygen atoms in total. The van der Waals surface area contributed by atoms with Crippen molar-refractivity contribution >= 4 is 15.8 Å². The fraction of sp³-hybridized carbons (Fsp3) is 0.733. The topological polar surface area (TPSA) is 66.4 Å². The summed E-state index contributed by atoms with van der Waals surface area (Å²) in [6.45, 7) is 4.46. The summed E-state index contributed by atoms with van der Waals surface area (Å²) in [5.41, 5.74) is 1.09. The molecule has 1 saturated heterocycles. The summed E-state index contributed by atoms with van der Waals surface area (Å²) in [5.74, 6) is 1.73. The second-order valence-corrected chi connectivity index (χ2v) is 8.23. The van der Waals surface area contributed by atoms with E-state index in [-0.39, 0.29) is 5.75 Å². The number of hydrogen-bond acceptors (Lipinski definition) is 5. The first-order chi connectivity index (χ1) is 10.6. The lowest BCUT2D eigenvalue weighted by atomic mass is 10.2. The van der Waals surface area contributed by atoms with Crippen molar-refractivity contribution in [3.63, 3.8) is 0 Å². The molecular formula is C15H24N4O2S. The van der Waals surface area contributed by atoms with Crippen molar-refractivity contribution in [1.29, 1.82) is 0 Å². The lowest BCUT2D eigenvalue weighted by Gasteiger charge is -2.34. The van der Waals surface area contributed by atoms with Crippen LogP contribution < -0.4 is 4.90 Å². The minimum atomic E-state index is -3.09. The number of anilines is 1. The Morgan fingerprint density at radius 3 is 2.41 bits per heavy atom. The fourth-order valence-electron chi connectivity index (χ4n) is 2.75. The van der Waals surface area contributed by atoms with Crippen molar-refractivity contribution in [2.75, 3.05) is 36.8 Å². The van der Waals surface area contributed by atoms with E-state index in [9.17, 15) is 8.42 Å². The first kappa shape index (κ1) is 15.7. The van der Waals surface area contributed by atoms with E-state index in [1.54, 1.807) is 4.31 Å². The highest BCUT2D eigenvalue weighted by Crippen LogP contribution is 2.38. The van der Waals surface area contributed by atoms with E-state index in [1.807, 2.05) is 13.0 Å². The summed E-state index contributed by atoms with van der Waals surface area (Å²) >= 11 is 0. The lowest BCUT2D eigenvalue weighted by Crippen LogP contribution is -2.49. The Morgan fingerprint density at radius 2 is 1.86 bits per heavy atom. The molecule has 3 rings (SSSR count). The fourth-order valence-corrected chi connectivity index (χ4v) is 4.38. The monoisotopic (exact) mass is 324 g/mol. The van der Waals surface area contributed by atoms with Crippen LogP contribution in [-0.4, -0.2) is 54.9 Å². The number of unbranched alkanes of at least 4 members (excludes halogenated alkanes) is 1. The molecule has 1 aliphatic heterocycles. The molecule has 0 aromatic carbocycles. The summed E-state index contributed by atoms with van der Waals surface area (Å²) in [7, 11) is -3.09. The highest BCUT2D eigenvalue weighted by molar-refractivity contribution is 7.89. The maximum Gasteiger partial charge on any atom is 0.214 e. The zero-order valence-corrected chi connectivity index (χ0v) is 13.9. The highest BCUT2D eigenvalue weighted by Gasteiger charge is 2.28. The second kappa shape index (κ2) is 6.50. The van der Waals surface area contributed by atoms with Crippen LogP contribution in [0.2, 0.25) is 0 Å². The summed E-state index contributed by atoms with van der Waals surface area (Å²) in [6, 6.07) is 4.08. The summed E-state index contributed by atoms with van der Waals surface area (Å²) in [4.78, 5) is 2.12. The van der Waals surface area contributed by atoms with Gasteiger partial charge in [0, 0.05) is 32.1 Å². The van der Waals surface area contributed by atoms with Crippen LogP contribution in [0.1, 0.15) is 44.2 Å². The third-order valence-corrected chi connectivity index (χ3v) is 6.34. The maximum absolute atomic E-state index is 12.2. The Balaban J connectivity index is 1.56.